The van der Waals surface area contributed by atoms with Crippen LogP contribution in [0.15, 0.2) is 24.3 Å². The largest absolute Gasteiger partial charge is 0.410 e. The molecule has 0 amide bonds. The lowest BCUT2D eigenvalue weighted by molar-refractivity contribution is -0.195. The van der Waals surface area contributed by atoms with Crippen molar-refractivity contribution in [2.75, 3.05) is 6.54 Å². The van der Waals surface area contributed by atoms with Crippen LogP contribution in [0.25, 0.3) is 0 Å². The van der Waals surface area contributed by atoms with Crippen molar-refractivity contribution in [1.29, 1.82) is 0 Å². The van der Waals surface area contributed by atoms with Crippen molar-refractivity contribution < 1.29 is 13.2 Å². The molecule has 1 unspecified atom stereocenters. The van der Waals surface area contributed by atoms with Gasteiger partial charge in [-0.3, -0.25) is 0 Å². The first kappa shape index (κ1) is 16.0. The molecule has 4 heteroatoms. The highest BCUT2D eigenvalue weighted by atomic mass is 19.4. The van der Waals surface area contributed by atoms with Crippen molar-refractivity contribution in [3.05, 3.63) is 35.4 Å². The van der Waals surface area contributed by atoms with Gasteiger partial charge in [-0.25, -0.2) is 0 Å². The van der Waals surface area contributed by atoms with Gasteiger partial charge in [0.1, 0.15) is 5.54 Å². The van der Waals surface area contributed by atoms with Crippen molar-refractivity contribution in [3.8, 4) is 0 Å². The third-order valence-corrected chi connectivity index (χ3v) is 3.45. The topological polar surface area (TPSA) is 12.0 Å². The summed E-state index contributed by atoms with van der Waals surface area (Å²) < 4.78 is 39.9. The molecule has 0 aliphatic rings. The zero-order valence-electron chi connectivity index (χ0n) is 11.9. The molecule has 1 aromatic rings. The van der Waals surface area contributed by atoms with Crippen LogP contribution in [-0.4, -0.2) is 12.7 Å². The van der Waals surface area contributed by atoms with Gasteiger partial charge in [0.25, 0.3) is 0 Å². The van der Waals surface area contributed by atoms with E-state index in [-0.39, 0.29) is 5.56 Å². The third-order valence-electron chi connectivity index (χ3n) is 3.45. The molecule has 1 nitrogen and oxygen atoms in total. The molecule has 0 aromatic heterocycles. The minimum atomic E-state index is -4.32. The lowest BCUT2D eigenvalue weighted by Crippen LogP contribution is -2.51. The Kier molecular flexibility index (Phi) is 5.02. The Morgan fingerprint density at radius 2 is 1.63 bits per heavy atom. The van der Waals surface area contributed by atoms with Gasteiger partial charge < -0.3 is 5.32 Å². The summed E-state index contributed by atoms with van der Waals surface area (Å²) in [4.78, 5) is 0. The highest BCUT2D eigenvalue weighted by Gasteiger charge is 2.51. The molecule has 19 heavy (non-hydrogen) atoms. The molecular weight excluding hydrogens is 251 g/mol. The molecule has 0 saturated heterocycles. The molecule has 1 atom stereocenters. The normalized spacial score (nSPS) is 15.6. The maximum Gasteiger partial charge on any atom is 0.410 e. The summed E-state index contributed by atoms with van der Waals surface area (Å²) >= 11 is 0. The second-order valence-corrected chi connectivity index (χ2v) is 5.33. The summed E-state index contributed by atoms with van der Waals surface area (Å²) in [6.07, 6.45) is -3.66. The number of nitrogens with one attached hydrogen (secondary N) is 1. The van der Waals surface area contributed by atoms with E-state index in [4.69, 9.17) is 0 Å². The zero-order valence-corrected chi connectivity index (χ0v) is 11.9. The van der Waals surface area contributed by atoms with Gasteiger partial charge in [0, 0.05) is 0 Å². The van der Waals surface area contributed by atoms with Crippen LogP contribution >= 0.6 is 0 Å². The van der Waals surface area contributed by atoms with Crippen LogP contribution in [0.4, 0.5) is 13.2 Å². The van der Waals surface area contributed by atoms with Crippen LogP contribution < -0.4 is 5.32 Å². The van der Waals surface area contributed by atoms with Crippen LogP contribution in [0.3, 0.4) is 0 Å². The van der Waals surface area contributed by atoms with Crippen LogP contribution in [-0.2, 0) is 5.54 Å². The number of hydrogen-bond donors (Lipinski definition) is 1. The van der Waals surface area contributed by atoms with Gasteiger partial charge in [-0.15, -0.1) is 0 Å². The monoisotopic (exact) mass is 273 g/mol. The summed E-state index contributed by atoms with van der Waals surface area (Å²) in [6.45, 7) is 7.43. The first-order chi connectivity index (χ1) is 8.72. The van der Waals surface area contributed by atoms with Crippen LogP contribution in [0, 0.1) is 0 Å². The molecule has 108 valence electrons. The number of halogens is 3. The number of alkyl halides is 3. The Morgan fingerprint density at radius 3 is 2.00 bits per heavy atom. The summed E-state index contributed by atoms with van der Waals surface area (Å²) in [5, 5.41) is 2.63. The standard InChI is InChI=1S/C15H22F3N/c1-5-10-19-14(4,15(16,17)18)13-8-6-12(7-9-13)11(2)3/h6-9,11,19H,5,10H2,1-4H3. The van der Waals surface area contributed by atoms with Crippen molar-refractivity contribution >= 4 is 0 Å². The summed E-state index contributed by atoms with van der Waals surface area (Å²) in [7, 11) is 0. The van der Waals surface area contributed by atoms with E-state index in [1.165, 1.54) is 6.92 Å². The zero-order chi connectivity index (χ0) is 14.7. The molecule has 0 heterocycles. The fraction of sp³-hybridized carbons (Fsp3) is 0.600. The van der Waals surface area contributed by atoms with Crippen molar-refractivity contribution in [2.24, 2.45) is 0 Å². The second kappa shape index (κ2) is 5.95. The first-order valence-corrected chi connectivity index (χ1v) is 6.64. The van der Waals surface area contributed by atoms with Gasteiger partial charge in [-0.1, -0.05) is 45.0 Å². The average Bonchev–Trinajstić information content (AvgIpc) is 2.34. The average molecular weight is 273 g/mol. The molecule has 0 saturated carbocycles. The van der Waals surface area contributed by atoms with Gasteiger partial charge in [-0.05, 0) is 36.9 Å². The van der Waals surface area contributed by atoms with Gasteiger partial charge >= 0.3 is 6.18 Å². The highest BCUT2D eigenvalue weighted by Crippen LogP contribution is 2.38. The molecule has 1 N–H and O–H groups in total. The molecule has 1 rings (SSSR count). The van der Waals surface area contributed by atoms with Crippen LogP contribution in [0.5, 0.6) is 0 Å². The fourth-order valence-electron chi connectivity index (χ4n) is 1.94. The maximum atomic E-state index is 13.3. The third kappa shape index (κ3) is 3.50. The Labute approximate surface area is 113 Å². The minimum absolute atomic E-state index is 0.262. The van der Waals surface area contributed by atoms with E-state index in [2.05, 4.69) is 5.32 Å². The smallest absolute Gasteiger partial charge is 0.300 e. The Morgan fingerprint density at radius 1 is 1.11 bits per heavy atom. The molecule has 0 fully saturated rings. The van der Waals surface area contributed by atoms with E-state index in [1.807, 2.05) is 20.8 Å². The Bertz CT molecular complexity index is 395. The number of hydrogen-bond acceptors (Lipinski definition) is 1. The molecule has 0 radical (unpaired) electrons. The SMILES string of the molecule is CCCNC(C)(c1ccc(C(C)C)cc1)C(F)(F)F. The fourth-order valence-corrected chi connectivity index (χ4v) is 1.94. The van der Waals surface area contributed by atoms with Crippen molar-refractivity contribution in [1.82, 2.24) is 5.32 Å². The number of benzene rings is 1. The van der Waals surface area contributed by atoms with Crippen molar-refractivity contribution in [3.63, 3.8) is 0 Å². The van der Waals surface area contributed by atoms with Gasteiger partial charge in [0.15, 0.2) is 0 Å². The lowest BCUT2D eigenvalue weighted by atomic mass is 9.89. The highest BCUT2D eigenvalue weighted by molar-refractivity contribution is 5.31. The quantitative estimate of drug-likeness (QED) is 0.827. The molecule has 0 aliphatic carbocycles. The van der Waals surface area contributed by atoms with E-state index in [9.17, 15) is 13.2 Å². The lowest BCUT2D eigenvalue weighted by Gasteiger charge is -2.34. The van der Waals surface area contributed by atoms with E-state index in [0.717, 1.165) is 5.56 Å². The Balaban J connectivity index is 3.11. The van der Waals surface area contributed by atoms with Gasteiger partial charge in [-0.2, -0.15) is 13.2 Å². The van der Waals surface area contributed by atoms with E-state index < -0.39 is 11.7 Å². The molecule has 0 aliphatic heterocycles. The molecule has 1 aromatic carbocycles. The van der Waals surface area contributed by atoms with E-state index >= 15 is 0 Å². The maximum absolute atomic E-state index is 13.3. The summed E-state index contributed by atoms with van der Waals surface area (Å²) in [6, 6.07) is 6.70. The summed E-state index contributed by atoms with van der Waals surface area (Å²) in [5.41, 5.74) is -0.681. The van der Waals surface area contributed by atoms with Crippen molar-refractivity contribution in [2.45, 2.75) is 51.7 Å². The Hall–Kier alpha value is -1.03. The van der Waals surface area contributed by atoms with Gasteiger partial charge in [0.05, 0.1) is 0 Å². The van der Waals surface area contributed by atoms with Gasteiger partial charge in [0.2, 0.25) is 0 Å². The minimum Gasteiger partial charge on any atom is -0.300 e. The first-order valence-electron chi connectivity index (χ1n) is 6.64. The predicted octanol–water partition coefficient (Wildman–Crippen LogP) is 4.59. The predicted molar refractivity (Wildman–Crippen MR) is 72.2 cm³/mol. The molecule has 0 bridgehead atoms. The van der Waals surface area contributed by atoms with Crippen LogP contribution in [0.1, 0.15) is 51.2 Å². The van der Waals surface area contributed by atoms with Crippen LogP contribution in [0.2, 0.25) is 0 Å². The molecule has 0 spiro atoms. The van der Waals surface area contributed by atoms with E-state index in [0.29, 0.717) is 18.9 Å². The molecular formula is C15H22F3N. The van der Waals surface area contributed by atoms with E-state index in [1.54, 1.807) is 24.3 Å². The number of rotatable bonds is 5. The summed E-state index contributed by atoms with van der Waals surface area (Å²) in [5.74, 6) is 0.315. The second-order valence-electron chi connectivity index (χ2n) is 5.33.